The highest BCUT2D eigenvalue weighted by atomic mass is 35.5. The highest BCUT2D eigenvalue weighted by Crippen LogP contribution is 2.37. The number of amides is 1. The zero-order chi connectivity index (χ0) is 12.0. The summed E-state index contributed by atoms with van der Waals surface area (Å²) in [4.78, 5) is 11.4. The van der Waals surface area contributed by atoms with Crippen molar-refractivity contribution < 1.29 is 22.4 Å². The lowest BCUT2D eigenvalue weighted by Crippen LogP contribution is -2.54. The van der Waals surface area contributed by atoms with Gasteiger partial charge in [-0.3, -0.25) is 10.1 Å². The smallest absolute Gasteiger partial charge is 0.262 e. The number of carbonyl (C=O) groups is 1. The molecule has 2 aliphatic rings. The Bertz CT molecular complexity index is 305. The van der Waals surface area contributed by atoms with Crippen molar-refractivity contribution in [1.82, 2.24) is 10.6 Å². The van der Waals surface area contributed by atoms with Gasteiger partial charge < -0.3 is 5.32 Å². The summed E-state index contributed by atoms with van der Waals surface area (Å²) in [5.41, 5.74) is 0. The second-order valence-electron chi connectivity index (χ2n) is 4.46. The first-order valence-electron chi connectivity index (χ1n) is 5.07. The molecule has 0 aromatic heterocycles. The maximum Gasteiger partial charge on any atom is 0.262 e. The molecule has 1 saturated carbocycles. The van der Waals surface area contributed by atoms with Crippen LogP contribution in [0.15, 0.2) is 0 Å². The number of alkyl halides is 4. The second kappa shape index (κ2) is 4.61. The van der Waals surface area contributed by atoms with Gasteiger partial charge in [0.05, 0.1) is 12.6 Å². The van der Waals surface area contributed by atoms with E-state index in [0.29, 0.717) is 0 Å². The predicted molar refractivity (Wildman–Crippen MR) is 54.7 cm³/mol. The van der Waals surface area contributed by atoms with Gasteiger partial charge in [0.2, 0.25) is 5.91 Å². The van der Waals surface area contributed by atoms with Crippen molar-refractivity contribution >= 4 is 18.3 Å². The van der Waals surface area contributed by atoms with Crippen LogP contribution in [0.2, 0.25) is 0 Å². The van der Waals surface area contributed by atoms with Crippen molar-refractivity contribution in [1.29, 1.82) is 0 Å². The summed E-state index contributed by atoms with van der Waals surface area (Å²) in [6, 6.07) is -1.55. The van der Waals surface area contributed by atoms with Crippen LogP contribution in [0.3, 0.4) is 0 Å². The molecule has 0 spiro atoms. The van der Waals surface area contributed by atoms with E-state index in [-0.39, 0.29) is 12.4 Å². The molecule has 2 rings (SSSR count). The number of nitrogens with one attached hydrogen (secondary N) is 2. The van der Waals surface area contributed by atoms with Crippen LogP contribution in [0.25, 0.3) is 0 Å². The van der Waals surface area contributed by atoms with E-state index in [4.69, 9.17) is 0 Å². The molecule has 0 unspecified atom stereocenters. The Morgan fingerprint density at radius 3 is 2.12 bits per heavy atom. The van der Waals surface area contributed by atoms with Crippen LogP contribution in [0, 0.1) is 0 Å². The molecule has 1 saturated heterocycles. The lowest BCUT2D eigenvalue weighted by Gasteiger charge is -2.35. The lowest BCUT2D eigenvalue weighted by atomic mass is 9.88. The molecular formula is C9H13ClF4N2O. The summed E-state index contributed by atoms with van der Waals surface area (Å²) in [6.07, 6.45) is -1.37. The summed E-state index contributed by atoms with van der Waals surface area (Å²) < 4.78 is 50.4. The van der Waals surface area contributed by atoms with E-state index in [1.54, 1.807) is 0 Å². The molecule has 1 heterocycles. The first-order valence-corrected chi connectivity index (χ1v) is 5.07. The third-order valence-corrected chi connectivity index (χ3v) is 2.86. The largest absolute Gasteiger partial charge is 0.352 e. The van der Waals surface area contributed by atoms with Gasteiger partial charge in [-0.15, -0.1) is 12.4 Å². The summed E-state index contributed by atoms with van der Waals surface area (Å²) in [6.45, 7) is -0.536. The molecule has 1 aliphatic heterocycles. The van der Waals surface area contributed by atoms with Crippen LogP contribution in [-0.2, 0) is 4.79 Å². The van der Waals surface area contributed by atoms with Crippen molar-refractivity contribution in [3.8, 4) is 0 Å². The van der Waals surface area contributed by atoms with Crippen molar-refractivity contribution in [2.45, 2.75) is 43.2 Å². The minimum absolute atomic E-state index is 0. The molecule has 0 bridgehead atoms. The monoisotopic (exact) mass is 276 g/mol. The maximum atomic E-state index is 12.7. The third-order valence-electron chi connectivity index (χ3n) is 2.86. The zero-order valence-corrected chi connectivity index (χ0v) is 9.63. The standard InChI is InChI=1S/C9H12F4N2O.ClH/c10-8(11)1-5(2-8)15-7(16)6-3-9(12,13)4-14-6;/h5-6,14H,1-4H2,(H,15,16);1H/t6-;/m0./s1. The molecular weight excluding hydrogens is 264 g/mol. The highest BCUT2D eigenvalue weighted by Gasteiger charge is 2.48. The van der Waals surface area contributed by atoms with Crippen molar-refractivity contribution in [2.75, 3.05) is 6.54 Å². The van der Waals surface area contributed by atoms with Crippen molar-refractivity contribution in [3.05, 3.63) is 0 Å². The molecule has 8 heteroatoms. The minimum Gasteiger partial charge on any atom is -0.352 e. The molecule has 2 N–H and O–H groups in total. The lowest BCUT2D eigenvalue weighted by molar-refractivity contribution is -0.131. The Labute approximate surface area is 102 Å². The molecule has 1 atom stereocenters. The minimum atomic E-state index is -2.88. The molecule has 0 radical (unpaired) electrons. The molecule has 0 aromatic rings. The number of rotatable bonds is 2. The predicted octanol–water partition coefficient (Wildman–Crippen LogP) is 1.32. The van der Waals surface area contributed by atoms with Crippen LogP contribution in [0.1, 0.15) is 19.3 Å². The highest BCUT2D eigenvalue weighted by molar-refractivity contribution is 5.85. The average molecular weight is 277 g/mol. The van der Waals surface area contributed by atoms with Gasteiger partial charge in [-0.1, -0.05) is 0 Å². The first kappa shape index (κ1) is 14.5. The van der Waals surface area contributed by atoms with Gasteiger partial charge >= 0.3 is 0 Å². The van der Waals surface area contributed by atoms with E-state index in [2.05, 4.69) is 10.6 Å². The zero-order valence-electron chi connectivity index (χ0n) is 8.81. The molecule has 1 amide bonds. The summed E-state index contributed by atoms with van der Waals surface area (Å²) in [5, 5.41) is 4.71. The van der Waals surface area contributed by atoms with Gasteiger partial charge in [-0.25, -0.2) is 17.6 Å². The first-order chi connectivity index (χ1) is 7.27. The van der Waals surface area contributed by atoms with Gasteiger partial charge in [0.15, 0.2) is 0 Å². The van der Waals surface area contributed by atoms with Gasteiger partial charge in [-0.2, -0.15) is 0 Å². The fourth-order valence-corrected chi connectivity index (χ4v) is 1.97. The Morgan fingerprint density at radius 2 is 1.71 bits per heavy atom. The van der Waals surface area contributed by atoms with Gasteiger partial charge in [-0.05, 0) is 0 Å². The van der Waals surface area contributed by atoms with Crippen molar-refractivity contribution in [2.24, 2.45) is 0 Å². The molecule has 3 nitrogen and oxygen atoms in total. The normalized spacial score (nSPS) is 30.2. The Balaban J connectivity index is 0.00000144. The van der Waals surface area contributed by atoms with Crippen LogP contribution in [0.5, 0.6) is 0 Å². The maximum absolute atomic E-state index is 12.7. The SMILES string of the molecule is Cl.O=C(NC1CC(F)(F)C1)[C@@H]1CC(F)(F)CN1. The van der Waals surface area contributed by atoms with E-state index in [1.165, 1.54) is 0 Å². The quantitative estimate of drug-likeness (QED) is 0.747. The molecule has 1 aliphatic carbocycles. The van der Waals surface area contributed by atoms with E-state index >= 15 is 0 Å². The Hall–Kier alpha value is -0.560. The van der Waals surface area contributed by atoms with E-state index in [9.17, 15) is 22.4 Å². The van der Waals surface area contributed by atoms with Crippen LogP contribution >= 0.6 is 12.4 Å². The van der Waals surface area contributed by atoms with Crippen molar-refractivity contribution in [3.63, 3.8) is 0 Å². The molecule has 2 fully saturated rings. The number of carbonyl (C=O) groups excluding carboxylic acids is 1. The van der Waals surface area contributed by atoms with E-state index < -0.39 is 55.6 Å². The third kappa shape index (κ3) is 3.45. The Kier molecular flexibility index (Phi) is 3.93. The van der Waals surface area contributed by atoms with E-state index in [1.807, 2.05) is 0 Å². The summed E-state index contributed by atoms with van der Waals surface area (Å²) in [5.74, 6) is -6.21. The summed E-state index contributed by atoms with van der Waals surface area (Å²) in [7, 11) is 0. The molecule has 0 aromatic carbocycles. The average Bonchev–Trinajstić information content (AvgIpc) is 2.42. The molecule has 17 heavy (non-hydrogen) atoms. The summed E-state index contributed by atoms with van der Waals surface area (Å²) >= 11 is 0. The van der Waals surface area contributed by atoms with Crippen LogP contribution in [-0.4, -0.2) is 36.4 Å². The number of halogens is 5. The second-order valence-corrected chi connectivity index (χ2v) is 4.46. The van der Waals surface area contributed by atoms with E-state index in [0.717, 1.165) is 0 Å². The number of hydrogen-bond donors (Lipinski definition) is 2. The Morgan fingerprint density at radius 1 is 1.12 bits per heavy atom. The number of hydrogen-bond acceptors (Lipinski definition) is 2. The van der Waals surface area contributed by atoms with Gasteiger partial charge in [0.25, 0.3) is 11.8 Å². The van der Waals surface area contributed by atoms with Crippen LogP contribution < -0.4 is 10.6 Å². The van der Waals surface area contributed by atoms with Gasteiger partial charge in [0.1, 0.15) is 0 Å². The molecule has 100 valence electrons. The topological polar surface area (TPSA) is 41.1 Å². The fraction of sp³-hybridized carbons (Fsp3) is 0.889. The van der Waals surface area contributed by atoms with Gasteiger partial charge in [0, 0.05) is 25.3 Å². The van der Waals surface area contributed by atoms with Crippen LogP contribution in [0.4, 0.5) is 17.6 Å². The fourth-order valence-electron chi connectivity index (χ4n) is 1.97.